The molecule has 1 saturated heterocycles. The van der Waals surface area contributed by atoms with Crippen molar-refractivity contribution in [1.82, 2.24) is 10.6 Å². The fourth-order valence-corrected chi connectivity index (χ4v) is 2.65. The van der Waals surface area contributed by atoms with Gasteiger partial charge in [-0.15, -0.1) is 24.0 Å². The van der Waals surface area contributed by atoms with Crippen molar-refractivity contribution in [2.24, 2.45) is 4.99 Å². The van der Waals surface area contributed by atoms with Crippen LogP contribution in [0.1, 0.15) is 32.3 Å². The Morgan fingerprint density at radius 2 is 2.04 bits per heavy atom. The van der Waals surface area contributed by atoms with Crippen LogP contribution in [0.3, 0.4) is 0 Å². The lowest BCUT2D eigenvalue weighted by Gasteiger charge is -2.21. The summed E-state index contributed by atoms with van der Waals surface area (Å²) in [4.78, 5) is 4.66. The SMILES string of the molecule is CCNC(=NCC1(C)CCCO1)NCCc1ccc(Cl)cc1.I. The van der Waals surface area contributed by atoms with Crippen LogP contribution in [0.5, 0.6) is 0 Å². The molecule has 130 valence electrons. The molecule has 1 heterocycles. The number of rotatable bonds is 6. The van der Waals surface area contributed by atoms with Crippen molar-refractivity contribution < 1.29 is 4.74 Å². The van der Waals surface area contributed by atoms with Crippen LogP contribution in [0.25, 0.3) is 0 Å². The lowest BCUT2D eigenvalue weighted by Crippen LogP contribution is -2.40. The summed E-state index contributed by atoms with van der Waals surface area (Å²) in [5, 5.41) is 7.43. The average Bonchev–Trinajstić information content (AvgIpc) is 2.94. The summed E-state index contributed by atoms with van der Waals surface area (Å²) in [5.41, 5.74) is 1.16. The van der Waals surface area contributed by atoms with Gasteiger partial charge in [0.2, 0.25) is 0 Å². The van der Waals surface area contributed by atoms with E-state index in [4.69, 9.17) is 16.3 Å². The van der Waals surface area contributed by atoms with Gasteiger partial charge in [-0.25, -0.2) is 0 Å². The van der Waals surface area contributed by atoms with Crippen molar-refractivity contribution in [3.8, 4) is 0 Å². The Labute approximate surface area is 161 Å². The molecule has 1 fully saturated rings. The highest BCUT2D eigenvalue weighted by Crippen LogP contribution is 2.24. The van der Waals surface area contributed by atoms with E-state index in [1.165, 1.54) is 5.56 Å². The highest BCUT2D eigenvalue weighted by molar-refractivity contribution is 14.0. The van der Waals surface area contributed by atoms with Gasteiger partial charge in [0.25, 0.3) is 0 Å². The summed E-state index contributed by atoms with van der Waals surface area (Å²) < 4.78 is 5.78. The zero-order valence-corrected chi connectivity index (χ0v) is 17.0. The Morgan fingerprint density at radius 3 is 2.65 bits per heavy atom. The molecular weight excluding hydrogens is 425 g/mol. The van der Waals surface area contributed by atoms with Crippen LogP contribution < -0.4 is 10.6 Å². The molecule has 2 N–H and O–H groups in total. The van der Waals surface area contributed by atoms with Crippen LogP contribution in [0.15, 0.2) is 29.3 Å². The molecule has 0 amide bonds. The molecule has 1 aromatic rings. The molecule has 1 aliphatic heterocycles. The molecule has 0 saturated carbocycles. The second kappa shape index (κ2) is 10.4. The average molecular weight is 452 g/mol. The van der Waals surface area contributed by atoms with Gasteiger partial charge in [0, 0.05) is 24.7 Å². The van der Waals surface area contributed by atoms with Crippen LogP contribution in [0.2, 0.25) is 5.02 Å². The number of guanidine groups is 1. The molecule has 2 rings (SSSR count). The normalized spacial score (nSPS) is 20.9. The third kappa shape index (κ3) is 7.27. The maximum atomic E-state index is 5.90. The highest BCUT2D eigenvalue weighted by atomic mass is 127. The molecule has 4 nitrogen and oxygen atoms in total. The number of halogens is 2. The second-order valence-electron chi connectivity index (χ2n) is 5.90. The first-order valence-corrected chi connectivity index (χ1v) is 8.40. The minimum atomic E-state index is -0.0987. The van der Waals surface area contributed by atoms with Gasteiger partial charge in [-0.05, 0) is 50.8 Å². The minimum absolute atomic E-state index is 0. The van der Waals surface area contributed by atoms with Crippen LogP contribution in [-0.4, -0.2) is 37.8 Å². The molecular formula is C17H27ClIN3O. The molecule has 1 unspecified atom stereocenters. The molecule has 0 aromatic heterocycles. The van der Waals surface area contributed by atoms with Gasteiger partial charge < -0.3 is 15.4 Å². The summed E-state index contributed by atoms with van der Waals surface area (Å²) in [5.74, 6) is 0.855. The zero-order chi connectivity index (χ0) is 15.8. The van der Waals surface area contributed by atoms with E-state index in [9.17, 15) is 0 Å². The van der Waals surface area contributed by atoms with Gasteiger partial charge in [-0.3, -0.25) is 4.99 Å². The first-order valence-electron chi connectivity index (χ1n) is 8.02. The van der Waals surface area contributed by atoms with E-state index in [1.54, 1.807) is 0 Å². The van der Waals surface area contributed by atoms with Crippen molar-refractivity contribution in [2.45, 2.75) is 38.7 Å². The number of hydrogen-bond acceptors (Lipinski definition) is 2. The van der Waals surface area contributed by atoms with E-state index in [-0.39, 0.29) is 29.6 Å². The smallest absolute Gasteiger partial charge is 0.191 e. The number of aliphatic imine (C=N–C) groups is 1. The number of nitrogens with zero attached hydrogens (tertiary/aromatic N) is 1. The topological polar surface area (TPSA) is 45.7 Å². The Hall–Kier alpha value is -0.530. The van der Waals surface area contributed by atoms with Gasteiger partial charge in [0.1, 0.15) is 0 Å². The number of hydrogen-bond donors (Lipinski definition) is 2. The summed E-state index contributed by atoms with van der Waals surface area (Å²) >= 11 is 5.90. The first kappa shape index (κ1) is 20.5. The third-order valence-corrected chi connectivity index (χ3v) is 4.09. The number of nitrogens with one attached hydrogen (secondary N) is 2. The molecule has 0 aliphatic carbocycles. The molecule has 1 atom stereocenters. The fraction of sp³-hybridized carbons (Fsp3) is 0.588. The minimum Gasteiger partial charge on any atom is -0.373 e. The number of ether oxygens (including phenoxy) is 1. The van der Waals surface area contributed by atoms with Gasteiger partial charge in [0.15, 0.2) is 5.96 Å². The Bertz CT molecular complexity index is 487. The second-order valence-corrected chi connectivity index (χ2v) is 6.34. The monoisotopic (exact) mass is 451 g/mol. The first-order chi connectivity index (χ1) is 10.6. The van der Waals surface area contributed by atoms with Gasteiger partial charge in [-0.2, -0.15) is 0 Å². The number of benzene rings is 1. The maximum Gasteiger partial charge on any atom is 0.191 e. The largest absolute Gasteiger partial charge is 0.373 e. The molecule has 1 aliphatic rings. The molecule has 0 spiro atoms. The van der Waals surface area contributed by atoms with Crippen molar-refractivity contribution >= 4 is 41.5 Å². The van der Waals surface area contributed by atoms with E-state index in [2.05, 4.69) is 41.6 Å². The third-order valence-electron chi connectivity index (χ3n) is 3.84. The van der Waals surface area contributed by atoms with Gasteiger partial charge >= 0.3 is 0 Å². The highest BCUT2D eigenvalue weighted by Gasteiger charge is 2.29. The van der Waals surface area contributed by atoms with Crippen molar-refractivity contribution in [2.75, 3.05) is 26.2 Å². The Kier molecular flexibility index (Phi) is 9.24. The van der Waals surface area contributed by atoms with E-state index < -0.39 is 0 Å². The fourth-order valence-electron chi connectivity index (χ4n) is 2.53. The Morgan fingerprint density at radius 1 is 1.30 bits per heavy atom. The van der Waals surface area contributed by atoms with Crippen molar-refractivity contribution in [1.29, 1.82) is 0 Å². The van der Waals surface area contributed by atoms with E-state index in [0.717, 1.165) is 49.9 Å². The lowest BCUT2D eigenvalue weighted by atomic mass is 10.0. The van der Waals surface area contributed by atoms with Crippen LogP contribution in [-0.2, 0) is 11.2 Å². The van der Waals surface area contributed by atoms with Crippen molar-refractivity contribution in [3.63, 3.8) is 0 Å². The zero-order valence-electron chi connectivity index (χ0n) is 13.9. The standard InChI is InChI=1S/C17H26ClN3O.HI/c1-3-19-16(21-13-17(2)10-4-12-22-17)20-11-9-14-5-7-15(18)8-6-14;/h5-8H,3-4,9-13H2,1-2H3,(H2,19,20,21);1H. The maximum absolute atomic E-state index is 5.90. The van der Waals surface area contributed by atoms with Gasteiger partial charge in [0.05, 0.1) is 12.1 Å². The van der Waals surface area contributed by atoms with Crippen LogP contribution in [0.4, 0.5) is 0 Å². The van der Waals surface area contributed by atoms with E-state index in [0.29, 0.717) is 6.54 Å². The van der Waals surface area contributed by atoms with E-state index in [1.807, 2.05) is 12.1 Å². The molecule has 1 aromatic carbocycles. The predicted molar refractivity (Wildman–Crippen MR) is 108 cm³/mol. The van der Waals surface area contributed by atoms with E-state index >= 15 is 0 Å². The van der Waals surface area contributed by atoms with Crippen molar-refractivity contribution in [3.05, 3.63) is 34.9 Å². The van der Waals surface area contributed by atoms with Gasteiger partial charge in [-0.1, -0.05) is 23.7 Å². The summed E-state index contributed by atoms with van der Waals surface area (Å²) in [6.45, 7) is 7.45. The lowest BCUT2D eigenvalue weighted by molar-refractivity contribution is 0.0283. The summed E-state index contributed by atoms with van der Waals surface area (Å²) in [6, 6.07) is 7.96. The summed E-state index contributed by atoms with van der Waals surface area (Å²) in [7, 11) is 0. The Balaban J connectivity index is 0.00000264. The quantitative estimate of drug-likeness (QED) is 0.394. The predicted octanol–water partition coefficient (Wildman–Crippen LogP) is 3.62. The molecule has 0 radical (unpaired) electrons. The molecule has 0 bridgehead atoms. The molecule has 6 heteroatoms. The summed E-state index contributed by atoms with van der Waals surface area (Å²) in [6.07, 6.45) is 3.16. The van der Waals surface area contributed by atoms with Crippen LogP contribution >= 0.6 is 35.6 Å². The molecule has 23 heavy (non-hydrogen) atoms. The van der Waals surface area contributed by atoms with Crippen LogP contribution in [0, 0.1) is 0 Å².